The summed E-state index contributed by atoms with van der Waals surface area (Å²) >= 11 is 0. The third-order valence-corrected chi connectivity index (χ3v) is 3.96. The number of aromatic nitrogens is 4. The lowest BCUT2D eigenvalue weighted by Gasteiger charge is -2.22. The Morgan fingerprint density at radius 1 is 1.19 bits per heavy atom. The smallest absolute Gasteiger partial charge is 0.408 e. The monoisotopic (exact) mass is 387 g/mol. The molecule has 0 amide bonds. The molecular weight excluding hydrogens is 373 g/mol. The van der Waals surface area contributed by atoms with Gasteiger partial charge in [-0.25, -0.2) is 13.8 Å². The zero-order valence-corrected chi connectivity index (χ0v) is 14.4. The third kappa shape index (κ3) is 3.36. The number of fused-ring (bicyclic) bond motifs is 1. The van der Waals surface area contributed by atoms with Gasteiger partial charge in [-0.1, -0.05) is 0 Å². The Morgan fingerprint density at radius 3 is 2.52 bits per heavy atom. The van der Waals surface area contributed by atoms with Crippen molar-refractivity contribution >= 4 is 11.6 Å². The van der Waals surface area contributed by atoms with Crippen LogP contribution in [0.2, 0.25) is 0 Å². The summed E-state index contributed by atoms with van der Waals surface area (Å²) in [5.74, 6) is -2.28. The molecule has 0 saturated heterocycles. The van der Waals surface area contributed by atoms with E-state index in [0.717, 1.165) is 29.9 Å². The van der Waals surface area contributed by atoms with Crippen LogP contribution in [-0.4, -0.2) is 38.9 Å². The summed E-state index contributed by atoms with van der Waals surface area (Å²) in [6, 6.07) is -0.339. The average Bonchev–Trinajstić information content (AvgIpc) is 3.04. The van der Waals surface area contributed by atoms with Crippen LogP contribution in [0.5, 0.6) is 5.75 Å². The molecule has 1 atom stereocenters. The van der Waals surface area contributed by atoms with Crippen molar-refractivity contribution in [2.45, 2.75) is 26.1 Å². The highest BCUT2D eigenvalue weighted by atomic mass is 19.4. The molecule has 0 saturated carbocycles. The van der Waals surface area contributed by atoms with E-state index >= 15 is 0 Å². The largest absolute Gasteiger partial charge is 0.494 e. The number of rotatable bonds is 4. The van der Waals surface area contributed by atoms with Crippen LogP contribution in [0.15, 0.2) is 18.5 Å². The van der Waals surface area contributed by atoms with Crippen LogP contribution in [-0.2, 0) is 0 Å². The Morgan fingerprint density at radius 2 is 1.89 bits per heavy atom. The van der Waals surface area contributed by atoms with Crippen LogP contribution in [0.3, 0.4) is 0 Å². The summed E-state index contributed by atoms with van der Waals surface area (Å²) in [6.07, 6.45) is -3.48. The fourth-order valence-electron chi connectivity index (χ4n) is 2.57. The molecule has 11 heteroatoms. The molecule has 1 N–H and O–H groups in total. The average molecular weight is 387 g/mol. The normalized spacial score (nSPS) is 13.0. The molecule has 3 rings (SSSR count). The van der Waals surface area contributed by atoms with Crippen molar-refractivity contribution in [3.63, 3.8) is 0 Å². The highest BCUT2D eigenvalue weighted by Crippen LogP contribution is 2.36. The zero-order valence-electron chi connectivity index (χ0n) is 14.4. The van der Waals surface area contributed by atoms with E-state index in [1.165, 1.54) is 14.0 Å². The summed E-state index contributed by atoms with van der Waals surface area (Å²) < 4.78 is 73.6. The molecule has 2 heterocycles. The molecule has 0 radical (unpaired) electrons. The van der Waals surface area contributed by atoms with Gasteiger partial charge in [-0.2, -0.15) is 27.8 Å². The maximum Gasteiger partial charge on any atom is 0.408 e. The van der Waals surface area contributed by atoms with E-state index in [-0.39, 0.29) is 34.2 Å². The summed E-state index contributed by atoms with van der Waals surface area (Å²) in [6.45, 7) is 2.35. The van der Waals surface area contributed by atoms with Gasteiger partial charge < -0.3 is 10.1 Å². The van der Waals surface area contributed by atoms with Crippen LogP contribution in [0, 0.1) is 18.6 Å². The van der Waals surface area contributed by atoms with Gasteiger partial charge in [0.2, 0.25) is 0 Å². The second-order valence-electron chi connectivity index (χ2n) is 5.77. The maximum absolute atomic E-state index is 14.6. The molecule has 0 fully saturated rings. The van der Waals surface area contributed by atoms with Gasteiger partial charge in [-0.15, -0.1) is 0 Å². The minimum atomic E-state index is -4.58. The molecule has 1 unspecified atom stereocenters. The number of halogens is 5. The Bertz CT molecular complexity index is 1000. The van der Waals surface area contributed by atoms with E-state index in [2.05, 4.69) is 20.4 Å². The fraction of sp³-hybridized carbons (Fsp3) is 0.312. The SMILES string of the molecule is COc1cc(F)c(-c2c(C)nc3ncnn3c2NC(C)C(F)(F)F)cc1F. The number of ether oxygens (including phenoxy) is 1. The molecule has 27 heavy (non-hydrogen) atoms. The minimum absolute atomic E-state index is 0.0162. The number of nitrogens with one attached hydrogen (secondary N) is 1. The molecule has 6 nitrogen and oxygen atoms in total. The third-order valence-electron chi connectivity index (χ3n) is 3.96. The summed E-state index contributed by atoms with van der Waals surface area (Å²) in [7, 11) is 1.17. The number of hydrogen-bond donors (Lipinski definition) is 1. The first-order valence-electron chi connectivity index (χ1n) is 7.70. The topological polar surface area (TPSA) is 64.3 Å². The number of alkyl halides is 3. The molecule has 2 aromatic heterocycles. The summed E-state index contributed by atoms with van der Waals surface area (Å²) in [5, 5.41) is 6.11. The van der Waals surface area contributed by atoms with Gasteiger partial charge in [0.1, 0.15) is 24.0 Å². The Kier molecular flexibility index (Phi) is 4.62. The van der Waals surface area contributed by atoms with Gasteiger partial charge in [0.05, 0.1) is 12.8 Å². The van der Waals surface area contributed by atoms with Crippen molar-refractivity contribution < 1.29 is 26.7 Å². The van der Waals surface area contributed by atoms with Gasteiger partial charge in [0.15, 0.2) is 11.6 Å². The number of aryl methyl sites for hydroxylation is 1. The minimum Gasteiger partial charge on any atom is -0.494 e. The Balaban J connectivity index is 2.28. The van der Waals surface area contributed by atoms with Gasteiger partial charge in [-0.05, 0) is 19.9 Å². The Hall–Kier alpha value is -2.98. The van der Waals surface area contributed by atoms with E-state index in [1.54, 1.807) is 0 Å². The number of hydrogen-bond acceptors (Lipinski definition) is 5. The molecule has 0 spiro atoms. The number of nitrogens with zero attached hydrogens (tertiary/aromatic N) is 4. The van der Waals surface area contributed by atoms with Crippen molar-refractivity contribution in [1.82, 2.24) is 19.6 Å². The van der Waals surface area contributed by atoms with Gasteiger partial charge in [0, 0.05) is 17.2 Å². The number of anilines is 1. The van der Waals surface area contributed by atoms with Crippen molar-refractivity contribution in [3.05, 3.63) is 35.8 Å². The van der Waals surface area contributed by atoms with Crippen LogP contribution in [0.25, 0.3) is 16.9 Å². The lowest BCUT2D eigenvalue weighted by atomic mass is 10.0. The van der Waals surface area contributed by atoms with E-state index < -0.39 is 23.9 Å². The number of methoxy groups -OCH3 is 1. The van der Waals surface area contributed by atoms with Crippen LogP contribution in [0.4, 0.5) is 27.8 Å². The lowest BCUT2D eigenvalue weighted by Crippen LogP contribution is -2.34. The predicted octanol–water partition coefficient (Wildman–Crippen LogP) is 3.75. The van der Waals surface area contributed by atoms with E-state index in [9.17, 15) is 22.0 Å². The predicted molar refractivity (Wildman–Crippen MR) is 86.6 cm³/mol. The van der Waals surface area contributed by atoms with E-state index in [4.69, 9.17) is 4.74 Å². The Labute approximate surface area is 150 Å². The highest BCUT2D eigenvalue weighted by Gasteiger charge is 2.37. The van der Waals surface area contributed by atoms with Crippen molar-refractivity contribution in [2.24, 2.45) is 0 Å². The fourth-order valence-corrected chi connectivity index (χ4v) is 2.57. The molecule has 0 aliphatic heterocycles. The number of benzene rings is 1. The lowest BCUT2D eigenvalue weighted by molar-refractivity contribution is -0.138. The highest BCUT2D eigenvalue weighted by molar-refractivity contribution is 5.79. The van der Waals surface area contributed by atoms with Gasteiger partial charge in [-0.3, -0.25) is 0 Å². The standard InChI is InChI=1S/C16H14F5N5O/c1-7-13(9-4-11(18)12(27-3)5-10(9)17)14(25-8(2)16(19,20)21)26-15(24-7)22-6-23-26/h4-6,8,25H,1-3H3. The molecule has 144 valence electrons. The summed E-state index contributed by atoms with van der Waals surface area (Å²) in [5.41, 5.74) is -0.202. The van der Waals surface area contributed by atoms with Crippen molar-refractivity contribution in [1.29, 1.82) is 0 Å². The zero-order chi connectivity index (χ0) is 19.9. The molecule has 0 aliphatic rings. The molecule has 3 aromatic rings. The quantitative estimate of drug-likeness (QED) is 0.691. The van der Waals surface area contributed by atoms with E-state index in [1.807, 2.05) is 0 Å². The van der Waals surface area contributed by atoms with Crippen molar-refractivity contribution in [3.8, 4) is 16.9 Å². The van der Waals surface area contributed by atoms with Crippen LogP contribution >= 0.6 is 0 Å². The first kappa shape index (κ1) is 18.8. The summed E-state index contributed by atoms with van der Waals surface area (Å²) in [4.78, 5) is 7.95. The van der Waals surface area contributed by atoms with Gasteiger partial charge in [0.25, 0.3) is 5.78 Å². The molecule has 1 aromatic carbocycles. The van der Waals surface area contributed by atoms with Crippen LogP contribution < -0.4 is 10.1 Å². The van der Waals surface area contributed by atoms with Gasteiger partial charge >= 0.3 is 6.18 Å². The first-order valence-corrected chi connectivity index (χ1v) is 7.70. The molecule has 0 aliphatic carbocycles. The first-order chi connectivity index (χ1) is 12.6. The molecular formula is C16H14F5N5O. The van der Waals surface area contributed by atoms with E-state index in [0.29, 0.717) is 0 Å². The van der Waals surface area contributed by atoms with Crippen molar-refractivity contribution in [2.75, 3.05) is 12.4 Å². The second kappa shape index (κ2) is 6.63. The van der Waals surface area contributed by atoms with Crippen LogP contribution in [0.1, 0.15) is 12.6 Å². The maximum atomic E-state index is 14.6. The second-order valence-corrected chi connectivity index (χ2v) is 5.77. The molecule has 0 bridgehead atoms.